The van der Waals surface area contributed by atoms with Crippen LogP contribution in [0.15, 0.2) is 12.3 Å². The number of nitrogens with zero attached hydrogens (tertiary/aromatic N) is 5. The number of aryl methyl sites for hydroxylation is 1. The average molecular weight is 314 g/mol. The van der Waals surface area contributed by atoms with Gasteiger partial charge in [-0.15, -0.1) is 0 Å². The molecule has 2 saturated heterocycles. The van der Waals surface area contributed by atoms with Gasteiger partial charge in [0.1, 0.15) is 5.82 Å². The third-order valence-corrected chi connectivity index (χ3v) is 5.26. The zero-order chi connectivity index (χ0) is 16.0. The highest BCUT2D eigenvalue weighted by Gasteiger charge is 2.25. The van der Waals surface area contributed by atoms with E-state index in [9.17, 15) is 0 Å². The predicted octanol–water partition coefficient (Wildman–Crippen LogP) is 1.73. The number of likely N-dealkylation sites (tertiary alicyclic amines) is 1. The molecule has 6 nitrogen and oxygen atoms in total. The number of hydrogen-bond donors (Lipinski definition) is 1. The minimum Gasteiger partial charge on any atom is -0.355 e. The van der Waals surface area contributed by atoms with Crippen LogP contribution in [0.3, 0.4) is 0 Å². The largest absolute Gasteiger partial charge is 0.355 e. The highest BCUT2D eigenvalue weighted by Crippen LogP contribution is 2.30. The molecule has 124 valence electrons. The van der Waals surface area contributed by atoms with Crippen molar-refractivity contribution < 1.29 is 0 Å². The lowest BCUT2D eigenvalue weighted by atomic mass is 10.0. The molecule has 0 aromatic carbocycles. The van der Waals surface area contributed by atoms with Crippen LogP contribution >= 0.6 is 0 Å². The van der Waals surface area contributed by atoms with Crippen molar-refractivity contribution in [3.63, 3.8) is 0 Å². The predicted molar refractivity (Wildman–Crippen MR) is 91.8 cm³/mol. The van der Waals surface area contributed by atoms with Gasteiger partial charge in [-0.3, -0.25) is 4.90 Å². The number of fused-ring (bicyclic) bond motifs is 1. The zero-order valence-corrected chi connectivity index (χ0v) is 14.1. The highest BCUT2D eigenvalue weighted by atomic mass is 15.3. The maximum Gasteiger partial charge on any atom is 0.157 e. The number of rotatable bonds is 2. The molecule has 2 fully saturated rings. The Morgan fingerprint density at radius 3 is 2.83 bits per heavy atom. The van der Waals surface area contributed by atoms with E-state index in [0.717, 1.165) is 43.2 Å². The lowest BCUT2D eigenvalue weighted by Gasteiger charge is -2.30. The van der Waals surface area contributed by atoms with Gasteiger partial charge >= 0.3 is 0 Å². The van der Waals surface area contributed by atoms with E-state index in [2.05, 4.69) is 36.0 Å². The number of piperidine rings is 1. The van der Waals surface area contributed by atoms with Crippen LogP contribution in [0.1, 0.15) is 43.0 Å². The second-order valence-corrected chi connectivity index (χ2v) is 7.11. The van der Waals surface area contributed by atoms with E-state index in [0.29, 0.717) is 6.04 Å². The van der Waals surface area contributed by atoms with Crippen LogP contribution in [0.5, 0.6) is 0 Å². The monoisotopic (exact) mass is 314 g/mol. The normalized spacial score (nSPS) is 26.3. The fourth-order valence-electron chi connectivity index (χ4n) is 3.93. The molecule has 4 rings (SSSR count). The van der Waals surface area contributed by atoms with Gasteiger partial charge in [0.25, 0.3) is 0 Å². The van der Waals surface area contributed by atoms with E-state index >= 15 is 0 Å². The summed E-state index contributed by atoms with van der Waals surface area (Å²) in [5.41, 5.74) is 9.31. The Labute approximate surface area is 137 Å². The molecule has 6 heteroatoms. The quantitative estimate of drug-likeness (QED) is 0.915. The molecule has 2 aromatic heterocycles. The van der Waals surface area contributed by atoms with Crippen molar-refractivity contribution in [1.82, 2.24) is 19.5 Å². The Bertz CT molecular complexity index is 708. The fraction of sp³-hybridized carbons (Fsp3) is 0.647. The summed E-state index contributed by atoms with van der Waals surface area (Å²) >= 11 is 0. The Balaban J connectivity index is 1.68. The van der Waals surface area contributed by atoms with Crippen LogP contribution in [0.2, 0.25) is 0 Å². The first-order chi connectivity index (χ1) is 11.1. The molecule has 0 aliphatic carbocycles. The third-order valence-electron chi connectivity index (χ3n) is 5.26. The summed E-state index contributed by atoms with van der Waals surface area (Å²) in [6.07, 6.45) is 6.91. The van der Waals surface area contributed by atoms with E-state index in [1.165, 1.54) is 24.8 Å². The summed E-state index contributed by atoms with van der Waals surface area (Å²) < 4.78 is 1.94. The molecule has 0 radical (unpaired) electrons. The molecule has 2 aromatic rings. The molecule has 4 heterocycles. The SMILES string of the molecule is Cc1cn2nc(C3CCCCN3C)cc2nc1N1CCC(N)C1. The van der Waals surface area contributed by atoms with Gasteiger partial charge in [0.2, 0.25) is 0 Å². The van der Waals surface area contributed by atoms with Crippen LogP contribution in [0, 0.1) is 6.92 Å². The van der Waals surface area contributed by atoms with Gasteiger partial charge in [-0.1, -0.05) is 6.42 Å². The first-order valence-electron chi connectivity index (χ1n) is 8.69. The molecule has 2 N–H and O–H groups in total. The summed E-state index contributed by atoms with van der Waals surface area (Å²) in [6.45, 7) is 5.16. The highest BCUT2D eigenvalue weighted by molar-refractivity contribution is 5.54. The van der Waals surface area contributed by atoms with Crippen molar-refractivity contribution >= 4 is 11.5 Å². The fourth-order valence-corrected chi connectivity index (χ4v) is 3.93. The van der Waals surface area contributed by atoms with Gasteiger partial charge in [-0.05, 0) is 39.8 Å². The summed E-state index contributed by atoms with van der Waals surface area (Å²) in [5.74, 6) is 1.06. The topological polar surface area (TPSA) is 62.7 Å². The van der Waals surface area contributed by atoms with E-state index in [1.807, 2.05) is 4.52 Å². The molecule has 23 heavy (non-hydrogen) atoms. The summed E-state index contributed by atoms with van der Waals surface area (Å²) in [7, 11) is 2.20. The minimum atomic E-state index is 0.267. The Morgan fingerprint density at radius 2 is 2.09 bits per heavy atom. The number of anilines is 1. The van der Waals surface area contributed by atoms with Crippen LogP contribution in [0.4, 0.5) is 5.82 Å². The van der Waals surface area contributed by atoms with Crippen molar-refractivity contribution in [2.45, 2.75) is 44.7 Å². The Kier molecular flexibility index (Phi) is 3.73. The average Bonchev–Trinajstić information content (AvgIpc) is 3.12. The van der Waals surface area contributed by atoms with E-state index in [-0.39, 0.29) is 6.04 Å². The molecule has 0 amide bonds. The van der Waals surface area contributed by atoms with Crippen molar-refractivity contribution in [1.29, 1.82) is 0 Å². The van der Waals surface area contributed by atoms with Crippen LogP contribution in [0.25, 0.3) is 5.65 Å². The van der Waals surface area contributed by atoms with Gasteiger partial charge < -0.3 is 10.6 Å². The van der Waals surface area contributed by atoms with Gasteiger partial charge in [0.15, 0.2) is 5.65 Å². The molecular formula is C17H26N6. The molecule has 2 unspecified atom stereocenters. The van der Waals surface area contributed by atoms with Crippen LogP contribution < -0.4 is 10.6 Å². The maximum absolute atomic E-state index is 6.05. The Hall–Kier alpha value is -1.66. The number of aromatic nitrogens is 3. The molecular weight excluding hydrogens is 288 g/mol. The van der Waals surface area contributed by atoms with E-state index < -0.39 is 0 Å². The van der Waals surface area contributed by atoms with Crippen molar-refractivity contribution in [3.8, 4) is 0 Å². The first kappa shape index (κ1) is 14.9. The van der Waals surface area contributed by atoms with Crippen LogP contribution in [-0.4, -0.2) is 52.2 Å². The lowest BCUT2D eigenvalue weighted by Crippen LogP contribution is -2.29. The summed E-state index contributed by atoms with van der Waals surface area (Å²) in [6, 6.07) is 2.85. The van der Waals surface area contributed by atoms with Crippen molar-refractivity contribution in [2.24, 2.45) is 5.73 Å². The van der Waals surface area contributed by atoms with Gasteiger partial charge in [-0.2, -0.15) is 5.10 Å². The molecule has 0 saturated carbocycles. The minimum absolute atomic E-state index is 0.267. The van der Waals surface area contributed by atoms with Gasteiger partial charge in [0, 0.05) is 37.0 Å². The van der Waals surface area contributed by atoms with Gasteiger partial charge in [-0.25, -0.2) is 9.50 Å². The van der Waals surface area contributed by atoms with Crippen molar-refractivity contribution in [3.05, 3.63) is 23.5 Å². The van der Waals surface area contributed by atoms with Crippen molar-refractivity contribution in [2.75, 3.05) is 31.6 Å². The number of nitrogens with two attached hydrogens (primary N) is 1. The second-order valence-electron chi connectivity index (χ2n) is 7.11. The lowest BCUT2D eigenvalue weighted by molar-refractivity contribution is 0.183. The Morgan fingerprint density at radius 1 is 1.22 bits per heavy atom. The third kappa shape index (κ3) is 2.70. The van der Waals surface area contributed by atoms with Gasteiger partial charge in [0.05, 0.1) is 11.7 Å². The molecule has 0 spiro atoms. The first-order valence-corrected chi connectivity index (χ1v) is 8.69. The number of hydrogen-bond acceptors (Lipinski definition) is 5. The maximum atomic E-state index is 6.05. The molecule has 2 atom stereocenters. The summed E-state index contributed by atoms with van der Waals surface area (Å²) in [5, 5.41) is 4.80. The van der Waals surface area contributed by atoms with E-state index in [1.54, 1.807) is 0 Å². The second kappa shape index (κ2) is 5.76. The zero-order valence-electron chi connectivity index (χ0n) is 14.1. The van der Waals surface area contributed by atoms with E-state index in [4.69, 9.17) is 15.8 Å². The standard InChI is InChI=1S/C17H26N6/c1-12-10-23-16(19-17(12)22-8-6-13(18)11-22)9-14(20-23)15-5-3-4-7-21(15)2/h9-10,13,15H,3-8,11,18H2,1-2H3. The van der Waals surface area contributed by atoms with Crippen LogP contribution in [-0.2, 0) is 0 Å². The smallest absolute Gasteiger partial charge is 0.157 e. The molecule has 0 bridgehead atoms. The molecule has 2 aliphatic heterocycles. The molecule has 2 aliphatic rings. The summed E-state index contributed by atoms with van der Waals surface area (Å²) in [4.78, 5) is 9.60.